The van der Waals surface area contributed by atoms with Crippen molar-refractivity contribution in [2.24, 2.45) is 14.5 Å². The van der Waals surface area contributed by atoms with Crippen molar-refractivity contribution in [3.05, 3.63) is 18.2 Å². The van der Waals surface area contributed by atoms with Gasteiger partial charge in [-0.05, 0) is 103 Å². The lowest BCUT2D eigenvalue weighted by Gasteiger charge is -2.41. The number of aliphatic imine (C=N–C) groups is 1. The topological polar surface area (TPSA) is 63.0 Å². The highest BCUT2D eigenvalue weighted by atomic mass is 31.2. The van der Waals surface area contributed by atoms with E-state index >= 15 is 0 Å². The fourth-order valence-corrected chi connectivity index (χ4v) is 10.7. The molecule has 0 aliphatic carbocycles. The maximum absolute atomic E-state index is 5.38. The molecule has 36 heavy (non-hydrogen) atoms. The zero-order valence-corrected chi connectivity index (χ0v) is 27.3. The minimum atomic E-state index is -2.17. The average Bonchev–Trinajstić information content (AvgIpc) is 2.72. The highest BCUT2D eigenvalue weighted by Gasteiger charge is 2.30. The van der Waals surface area contributed by atoms with E-state index in [1.807, 2.05) is 38.0 Å². The summed E-state index contributed by atoms with van der Waals surface area (Å²) in [6.45, 7) is 0. The summed E-state index contributed by atoms with van der Waals surface area (Å²) in [5, 5.41) is 0. The highest BCUT2D eigenvalue weighted by molar-refractivity contribution is 7.59. The summed E-state index contributed by atoms with van der Waals surface area (Å²) in [4.78, 5) is 9.11. The Kier molecular flexibility index (Phi) is 11.8. The standard InChI is InChI=1S/C23H51N11P2/c1-27(2)23(28(3)4)24-22-19-20(25-35(29(5)6,30(7)8)31(9)10)17-18-21(22)26-36(32(11)12,33(13)14)34(15)16/h17-19H,1-16H3. The van der Waals surface area contributed by atoms with Crippen LogP contribution in [0.25, 0.3) is 0 Å². The first-order chi connectivity index (χ1) is 16.4. The molecular formula is C23H51N11P2. The largest absolute Gasteiger partial charge is 0.349 e. The van der Waals surface area contributed by atoms with Gasteiger partial charge in [0, 0.05) is 28.2 Å². The van der Waals surface area contributed by atoms with Crippen molar-refractivity contribution in [2.45, 2.75) is 0 Å². The van der Waals surface area contributed by atoms with Gasteiger partial charge in [-0.15, -0.1) is 0 Å². The fraction of sp³-hybridized carbons (Fsp3) is 0.696. The smallest absolute Gasteiger partial charge is 0.200 e. The summed E-state index contributed by atoms with van der Waals surface area (Å²) in [6.07, 6.45) is 0. The van der Waals surface area contributed by atoms with Gasteiger partial charge in [0.15, 0.2) is 15.0 Å². The molecule has 0 saturated carbocycles. The van der Waals surface area contributed by atoms with Gasteiger partial charge in [0.2, 0.25) is 5.96 Å². The second kappa shape index (κ2) is 13.0. The van der Waals surface area contributed by atoms with Crippen molar-refractivity contribution in [3.63, 3.8) is 0 Å². The van der Waals surface area contributed by atoms with Crippen LogP contribution in [-0.2, 0) is 0 Å². The van der Waals surface area contributed by atoms with Crippen LogP contribution >= 0.6 is 15.0 Å². The zero-order valence-electron chi connectivity index (χ0n) is 25.5. The molecular weight excluding hydrogens is 492 g/mol. The molecule has 0 radical (unpaired) electrons. The number of guanidine groups is 1. The lowest BCUT2D eigenvalue weighted by molar-refractivity contribution is 0.474. The Hall–Kier alpha value is -1.29. The SMILES string of the molecule is CN(C)C(=Nc1cc(N=P(N(C)C)(N(C)C)N(C)C)ccc1N=P(N(C)C)(N(C)C)N(C)C)N(C)C. The van der Waals surface area contributed by atoms with Crippen molar-refractivity contribution in [3.8, 4) is 0 Å². The van der Waals surface area contributed by atoms with Gasteiger partial charge in [-0.3, -0.25) is 28.0 Å². The second-order valence-electron chi connectivity index (χ2n) is 10.2. The minimum Gasteiger partial charge on any atom is -0.349 e. The van der Waals surface area contributed by atoms with E-state index in [9.17, 15) is 0 Å². The van der Waals surface area contributed by atoms with E-state index in [0.29, 0.717) is 0 Å². The summed E-state index contributed by atoms with van der Waals surface area (Å²) in [6, 6.07) is 6.18. The lowest BCUT2D eigenvalue weighted by Crippen LogP contribution is -2.35. The molecule has 0 spiro atoms. The predicted molar refractivity (Wildman–Crippen MR) is 161 cm³/mol. The van der Waals surface area contributed by atoms with Gasteiger partial charge < -0.3 is 9.80 Å². The van der Waals surface area contributed by atoms with Gasteiger partial charge in [0.05, 0.1) is 17.1 Å². The normalized spacial score (nSPS) is 12.8. The molecule has 0 atom stereocenters. The molecule has 0 saturated heterocycles. The third kappa shape index (κ3) is 6.77. The van der Waals surface area contributed by atoms with E-state index in [-0.39, 0.29) is 0 Å². The molecule has 11 nitrogen and oxygen atoms in total. The Morgan fingerprint density at radius 2 is 0.861 bits per heavy atom. The first-order valence-corrected chi connectivity index (χ1v) is 15.0. The van der Waals surface area contributed by atoms with E-state index in [2.05, 4.69) is 131 Å². The fourth-order valence-electron chi connectivity index (χ4n) is 4.44. The number of hydrogen-bond donors (Lipinski definition) is 0. The summed E-state index contributed by atoms with van der Waals surface area (Å²) in [5.74, 6) is 0.834. The van der Waals surface area contributed by atoms with E-state index in [4.69, 9.17) is 14.5 Å². The average molecular weight is 544 g/mol. The summed E-state index contributed by atoms with van der Waals surface area (Å²) < 4.78 is 23.9. The Morgan fingerprint density at radius 1 is 0.500 bits per heavy atom. The molecule has 0 bridgehead atoms. The van der Waals surface area contributed by atoms with E-state index in [0.717, 1.165) is 23.0 Å². The number of hydrogen-bond acceptors (Lipinski definition) is 3. The van der Waals surface area contributed by atoms with E-state index in [1.54, 1.807) is 0 Å². The van der Waals surface area contributed by atoms with Gasteiger partial charge in [-0.25, -0.2) is 14.5 Å². The van der Waals surface area contributed by atoms with E-state index < -0.39 is 15.0 Å². The maximum Gasteiger partial charge on any atom is 0.200 e. The predicted octanol–water partition coefficient (Wildman–Crippen LogP) is 4.32. The monoisotopic (exact) mass is 543 g/mol. The second-order valence-corrected chi connectivity index (χ2v) is 17.6. The molecule has 0 aliphatic heterocycles. The summed E-state index contributed by atoms with van der Waals surface area (Å²) in [5.41, 5.74) is 2.50. The number of nitrogens with zero attached hydrogens (tertiary/aromatic N) is 11. The molecule has 0 heterocycles. The van der Waals surface area contributed by atoms with Crippen molar-refractivity contribution < 1.29 is 0 Å². The van der Waals surface area contributed by atoms with Crippen LogP contribution in [0.15, 0.2) is 32.7 Å². The Bertz CT molecular complexity index is 942. The van der Waals surface area contributed by atoms with Crippen molar-refractivity contribution in [1.82, 2.24) is 37.8 Å². The van der Waals surface area contributed by atoms with Crippen molar-refractivity contribution in [1.29, 1.82) is 0 Å². The molecule has 13 heteroatoms. The van der Waals surface area contributed by atoms with Gasteiger partial charge in [-0.1, -0.05) is 0 Å². The Morgan fingerprint density at radius 3 is 1.19 bits per heavy atom. The van der Waals surface area contributed by atoms with Crippen molar-refractivity contribution in [2.75, 3.05) is 113 Å². The third-order valence-electron chi connectivity index (χ3n) is 5.69. The molecule has 1 aromatic carbocycles. The Labute approximate surface area is 221 Å². The van der Waals surface area contributed by atoms with Crippen LogP contribution in [0.5, 0.6) is 0 Å². The molecule has 0 unspecified atom stereocenters. The summed E-state index contributed by atoms with van der Waals surface area (Å²) >= 11 is 0. The summed E-state index contributed by atoms with van der Waals surface area (Å²) in [7, 11) is 28.7. The molecule has 1 rings (SSSR count). The maximum atomic E-state index is 5.38. The lowest BCUT2D eigenvalue weighted by atomic mass is 10.2. The van der Waals surface area contributed by atoms with Gasteiger partial charge in [0.25, 0.3) is 0 Å². The molecule has 0 amide bonds. The quantitative estimate of drug-likeness (QED) is 0.259. The first-order valence-electron chi connectivity index (χ1n) is 11.8. The molecule has 0 fully saturated rings. The van der Waals surface area contributed by atoms with Gasteiger partial charge in [0.1, 0.15) is 0 Å². The van der Waals surface area contributed by atoms with Gasteiger partial charge in [-0.2, -0.15) is 0 Å². The zero-order chi connectivity index (χ0) is 28.2. The molecule has 0 aromatic heterocycles. The third-order valence-corrected chi connectivity index (χ3v) is 13.1. The van der Waals surface area contributed by atoms with Gasteiger partial charge >= 0.3 is 0 Å². The first kappa shape index (κ1) is 32.7. The van der Waals surface area contributed by atoms with Crippen LogP contribution in [0.1, 0.15) is 0 Å². The van der Waals surface area contributed by atoms with Crippen LogP contribution < -0.4 is 0 Å². The Balaban J connectivity index is 4.19. The molecule has 1 aromatic rings. The van der Waals surface area contributed by atoms with E-state index in [1.165, 1.54) is 0 Å². The van der Waals surface area contributed by atoms with Crippen LogP contribution in [-0.4, -0.2) is 157 Å². The van der Waals surface area contributed by atoms with Crippen LogP contribution in [0.3, 0.4) is 0 Å². The molecule has 208 valence electrons. The number of rotatable bonds is 9. The molecule has 0 N–H and O–H groups in total. The van der Waals surface area contributed by atoms with Crippen LogP contribution in [0.2, 0.25) is 0 Å². The highest BCUT2D eigenvalue weighted by Crippen LogP contribution is 2.59. The van der Waals surface area contributed by atoms with Crippen molar-refractivity contribution >= 4 is 38.0 Å². The number of benzene rings is 1. The molecule has 0 aliphatic rings. The van der Waals surface area contributed by atoms with Crippen LogP contribution in [0.4, 0.5) is 17.1 Å². The van der Waals surface area contributed by atoms with Crippen LogP contribution in [0, 0.1) is 0 Å². The minimum absolute atomic E-state index is 0.790.